The third-order valence-corrected chi connectivity index (χ3v) is 7.13. The number of rotatable bonds is 6. The number of likely N-dealkylation sites (tertiary alicyclic amines) is 1. The van der Waals surface area contributed by atoms with E-state index in [-0.39, 0.29) is 11.9 Å². The maximum Gasteiger partial charge on any atom is 0.253 e. The van der Waals surface area contributed by atoms with E-state index in [1.807, 2.05) is 70.5 Å². The maximum absolute atomic E-state index is 13.0. The number of carbonyl (C=O) groups is 1. The number of nitrogens with zero attached hydrogens (tertiary/aromatic N) is 3. The zero-order chi connectivity index (χ0) is 22.6. The van der Waals surface area contributed by atoms with Gasteiger partial charge in [-0.15, -0.1) is 0 Å². The van der Waals surface area contributed by atoms with Gasteiger partial charge in [0.15, 0.2) is 0 Å². The van der Waals surface area contributed by atoms with Crippen LogP contribution in [0.15, 0.2) is 73.1 Å². The number of aliphatic hydroxyl groups excluding tert-OH is 1. The van der Waals surface area contributed by atoms with Gasteiger partial charge < -0.3 is 15.3 Å². The van der Waals surface area contributed by atoms with Crippen molar-refractivity contribution < 1.29 is 9.90 Å². The topological polar surface area (TPSA) is 70.4 Å². The van der Waals surface area contributed by atoms with Crippen LogP contribution >= 0.6 is 0 Å². The van der Waals surface area contributed by atoms with Crippen LogP contribution in [-0.4, -0.2) is 50.9 Å². The molecule has 0 aliphatic carbocycles. The van der Waals surface area contributed by atoms with Crippen molar-refractivity contribution in [3.05, 3.63) is 89.7 Å². The summed E-state index contributed by atoms with van der Waals surface area (Å²) in [5.41, 5.74) is 2.94. The molecular formula is C27H32N4O2. The van der Waals surface area contributed by atoms with Gasteiger partial charge in [-0.1, -0.05) is 42.5 Å². The molecule has 2 fully saturated rings. The molecule has 172 valence electrons. The average Bonchev–Trinajstić information content (AvgIpc) is 3.57. The van der Waals surface area contributed by atoms with Gasteiger partial charge in [-0.3, -0.25) is 9.48 Å². The number of hydrogen-bond donors (Lipinski definition) is 2. The third kappa shape index (κ3) is 5.02. The van der Waals surface area contributed by atoms with E-state index >= 15 is 0 Å². The van der Waals surface area contributed by atoms with Crippen molar-refractivity contribution in [3.8, 4) is 0 Å². The van der Waals surface area contributed by atoms with Gasteiger partial charge in [-0.05, 0) is 61.4 Å². The van der Waals surface area contributed by atoms with Gasteiger partial charge in [0, 0.05) is 43.1 Å². The van der Waals surface area contributed by atoms with Crippen LogP contribution in [-0.2, 0) is 6.42 Å². The second-order valence-corrected chi connectivity index (χ2v) is 9.31. The van der Waals surface area contributed by atoms with Crippen LogP contribution in [0.25, 0.3) is 0 Å². The SMILES string of the molecule is O=C(c1ccc(C[C@@H]2CC[C@H]([C@H](O)c3ccccc3)N2)cc1)N1CCC(n2cccn2)CC1. The first-order valence-corrected chi connectivity index (χ1v) is 12.0. The Bertz CT molecular complexity index is 1030. The number of hydrogen-bond acceptors (Lipinski definition) is 4. The first kappa shape index (κ1) is 21.9. The molecule has 0 bridgehead atoms. The van der Waals surface area contributed by atoms with Gasteiger partial charge in [0.2, 0.25) is 0 Å². The Labute approximate surface area is 195 Å². The molecule has 0 saturated carbocycles. The highest BCUT2D eigenvalue weighted by atomic mass is 16.3. The van der Waals surface area contributed by atoms with Crippen LogP contribution in [0.4, 0.5) is 0 Å². The van der Waals surface area contributed by atoms with Crippen molar-refractivity contribution >= 4 is 5.91 Å². The molecule has 0 radical (unpaired) electrons. The minimum atomic E-state index is -0.478. The van der Waals surface area contributed by atoms with E-state index in [0.29, 0.717) is 12.1 Å². The largest absolute Gasteiger partial charge is 0.387 e. The first-order valence-electron chi connectivity index (χ1n) is 12.0. The highest BCUT2D eigenvalue weighted by Gasteiger charge is 2.30. The molecule has 5 rings (SSSR count). The molecule has 1 amide bonds. The fourth-order valence-corrected chi connectivity index (χ4v) is 5.22. The predicted octanol–water partition coefficient (Wildman–Crippen LogP) is 3.76. The van der Waals surface area contributed by atoms with Crippen molar-refractivity contribution in [1.82, 2.24) is 20.0 Å². The smallest absolute Gasteiger partial charge is 0.253 e. The summed E-state index contributed by atoms with van der Waals surface area (Å²) in [5.74, 6) is 0.116. The molecule has 33 heavy (non-hydrogen) atoms. The first-order chi connectivity index (χ1) is 16.2. The molecule has 2 saturated heterocycles. The van der Waals surface area contributed by atoms with Gasteiger partial charge in [-0.25, -0.2) is 0 Å². The molecule has 3 heterocycles. The lowest BCUT2D eigenvalue weighted by Crippen LogP contribution is -2.39. The van der Waals surface area contributed by atoms with Gasteiger partial charge in [-0.2, -0.15) is 5.10 Å². The summed E-state index contributed by atoms with van der Waals surface area (Å²) < 4.78 is 2.01. The zero-order valence-electron chi connectivity index (χ0n) is 18.9. The second-order valence-electron chi connectivity index (χ2n) is 9.31. The van der Waals surface area contributed by atoms with E-state index in [1.165, 1.54) is 5.56 Å². The van der Waals surface area contributed by atoms with E-state index < -0.39 is 6.10 Å². The number of aliphatic hydroxyl groups is 1. The summed E-state index contributed by atoms with van der Waals surface area (Å²) in [4.78, 5) is 14.9. The molecule has 6 nitrogen and oxygen atoms in total. The summed E-state index contributed by atoms with van der Waals surface area (Å²) in [7, 11) is 0. The van der Waals surface area contributed by atoms with E-state index in [4.69, 9.17) is 0 Å². The molecule has 3 atom stereocenters. The Hall–Kier alpha value is -2.96. The number of amides is 1. The molecule has 2 aromatic carbocycles. The van der Waals surface area contributed by atoms with Crippen molar-refractivity contribution in [1.29, 1.82) is 0 Å². The van der Waals surface area contributed by atoms with Crippen LogP contribution in [0.3, 0.4) is 0 Å². The molecule has 0 spiro atoms. The Balaban J connectivity index is 1.12. The predicted molar refractivity (Wildman–Crippen MR) is 128 cm³/mol. The Morgan fingerprint density at radius 3 is 2.45 bits per heavy atom. The van der Waals surface area contributed by atoms with E-state index in [0.717, 1.165) is 56.3 Å². The monoisotopic (exact) mass is 444 g/mol. The highest BCUT2D eigenvalue weighted by molar-refractivity contribution is 5.94. The summed E-state index contributed by atoms with van der Waals surface area (Å²) in [6.07, 6.45) is 8.13. The van der Waals surface area contributed by atoms with Gasteiger partial charge in [0.25, 0.3) is 5.91 Å². The number of nitrogens with one attached hydrogen (secondary N) is 1. The zero-order valence-corrected chi connectivity index (χ0v) is 18.9. The molecule has 0 unspecified atom stereocenters. The Morgan fingerprint density at radius 1 is 1.00 bits per heavy atom. The Kier molecular flexibility index (Phi) is 6.55. The molecule has 2 aliphatic heterocycles. The lowest BCUT2D eigenvalue weighted by molar-refractivity contribution is 0.0690. The minimum Gasteiger partial charge on any atom is -0.387 e. The maximum atomic E-state index is 13.0. The van der Waals surface area contributed by atoms with Crippen molar-refractivity contribution in [2.24, 2.45) is 0 Å². The van der Waals surface area contributed by atoms with Gasteiger partial charge in [0.1, 0.15) is 0 Å². The third-order valence-electron chi connectivity index (χ3n) is 7.13. The Morgan fingerprint density at radius 2 is 1.76 bits per heavy atom. The number of benzene rings is 2. The van der Waals surface area contributed by atoms with Crippen LogP contribution in [0.2, 0.25) is 0 Å². The number of piperidine rings is 1. The van der Waals surface area contributed by atoms with Crippen molar-refractivity contribution in [2.75, 3.05) is 13.1 Å². The molecule has 2 N–H and O–H groups in total. The van der Waals surface area contributed by atoms with Crippen LogP contribution in [0.5, 0.6) is 0 Å². The second kappa shape index (κ2) is 9.89. The van der Waals surface area contributed by atoms with Gasteiger partial charge >= 0.3 is 0 Å². The summed E-state index contributed by atoms with van der Waals surface area (Å²) >= 11 is 0. The van der Waals surface area contributed by atoms with Gasteiger partial charge in [0.05, 0.1) is 12.1 Å². The normalized spacial score (nSPS) is 22.4. The molecular weight excluding hydrogens is 412 g/mol. The lowest BCUT2D eigenvalue weighted by atomic mass is 10.0. The average molecular weight is 445 g/mol. The van der Waals surface area contributed by atoms with Crippen LogP contribution < -0.4 is 5.32 Å². The van der Waals surface area contributed by atoms with E-state index in [9.17, 15) is 9.90 Å². The van der Waals surface area contributed by atoms with E-state index in [2.05, 4.69) is 22.5 Å². The minimum absolute atomic E-state index is 0.0860. The fraction of sp³-hybridized carbons (Fsp3) is 0.407. The van der Waals surface area contributed by atoms with Crippen molar-refractivity contribution in [2.45, 2.75) is 56.3 Å². The van der Waals surface area contributed by atoms with Crippen LogP contribution in [0.1, 0.15) is 59.3 Å². The molecule has 3 aromatic rings. The number of aromatic nitrogens is 2. The highest BCUT2D eigenvalue weighted by Crippen LogP contribution is 2.27. The molecule has 6 heteroatoms. The molecule has 1 aromatic heterocycles. The summed E-state index contributed by atoms with van der Waals surface area (Å²) in [6.45, 7) is 1.53. The lowest BCUT2D eigenvalue weighted by Gasteiger charge is -2.32. The summed E-state index contributed by atoms with van der Waals surface area (Å²) in [5, 5.41) is 18.6. The van der Waals surface area contributed by atoms with E-state index in [1.54, 1.807) is 0 Å². The number of carbonyl (C=O) groups excluding carboxylic acids is 1. The molecule has 2 aliphatic rings. The standard InChI is InChI=1S/C27H32N4O2/c32-26(21-5-2-1-3-6-21)25-12-11-23(29-25)19-20-7-9-22(10-8-20)27(33)30-17-13-24(14-18-30)31-16-4-15-28-31/h1-10,15-16,23-26,29,32H,11-14,17-19H2/t23-,25+,26+/m0/s1. The quantitative estimate of drug-likeness (QED) is 0.607. The van der Waals surface area contributed by atoms with Crippen LogP contribution in [0, 0.1) is 0 Å². The fourth-order valence-electron chi connectivity index (χ4n) is 5.22. The summed E-state index contributed by atoms with van der Waals surface area (Å²) in [6, 6.07) is 20.7. The van der Waals surface area contributed by atoms with Crippen molar-refractivity contribution in [3.63, 3.8) is 0 Å².